The average Bonchev–Trinajstić information content (AvgIpc) is 2.87. The normalized spacial score (nSPS) is 16.2. The predicted molar refractivity (Wildman–Crippen MR) is 106 cm³/mol. The molecule has 1 aliphatic rings. The summed E-state index contributed by atoms with van der Waals surface area (Å²) in [6.07, 6.45) is 8.36. The number of thioether (sulfide) groups is 1. The monoisotopic (exact) mass is 375 g/mol. The maximum absolute atomic E-state index is 12.4. The number of carbonyl (C=O) groups excluding carboxylic acids is 2. The molecule has 1 amide bonds. The minimum absolute atomic E-state index is 0.128. The van der Waals surface area contributed by atoms with Gasteiger partial charge in [-0.25, -0.2) is 0 Å². The van der Waals surface area contributed by atoms with Gasteiger partial charge in [0.1, 0.15) is 10.9 Å². The molecule has 0 aromatic heterocycles. The fraction of sp³-hybridized carbons (Fsp3) is 0.316. The van der Waals surface area contributed by atoms with Crippen molar-refractivity contribution in [1.29, 1.82) is 0 Å². The molecule has 0 spiro atoms. The smallest absolute Gasteiger partial charge is 0.326 e. The Morgan fingerprint density at radius 1 is 1.28 bits per heavy atom. The van der Waals surface area contributed by atoms with Gasteiger partial charge in [0.2, 0.25) is 0 Å². The number of hydrogen-bond acceptors (Lipinski definition) is 5. The first kappa shape index (κ1) is 19.4. The molecule has 1 fully saturated rings. The van der Waals surface area contributed by atoms with Gasteiger partial charge in [-0.05, 0) is 18.1 Å². The summed E-state index contributed by atoms with van der Waals surface area (Å²) in [7, 11) is 0. The van der Waals surface area contributed by atoms with Crippen molar-refractivity contribution < 1.29 is 14.3 Å². The third-order valence-electron chi connectivity index (χ3n) is 3.51. The quantitative estimate of drug-likeness (QED) is 0.295. The molecule has 0 bridgehead atoms. The molecule has 0 atom stereocenters. The molecule has 4 nitrogen and oxygen atoms in total. The summed E-state index contributed by atoms with van der Waals surface area (Å²) in [6, 6.07) is 9.80. The van der Waals surface area contributed by atoms with Gasteiger partial charge in [-0.2, -0.15) is 0 Å². The lowest BCUT2D eigenvalue weighted by Crippen LogP contribution is -2.34. The summed E-state index contributed by atoms with van der Waals surface area (Å²) in [5.41, 5.74) is 1.05. The number of unbranched alkanes of at least 4 members (excludes halogenated alkanes) is 2. The second-order valence-electron chi connectivity index (χ2n) is 5.49. The van der Waals surface area contributed by atoms with Crippen molar-refractivity contribution in [3.63, 3.8) is 0 Å². The van der Waals surface area contributed by atoms with E-state index in [1.54, 1.807) is 6.08 Å². The highest BCUT2D eigenvalue weighted by molar-refractivity contribution is 8.26. The molecule has 6 heteroatoms. The van der Waals surface area contributed by atoms with Gasteiger partial charge in [-0.3, -0.25) is 14.5 Å². The van der Waals surface area contributed by atoms with Gasteiger partial charge in [0, 0.05) is 0 Å². The standard InChI is InChI=1S/C19H21NO3S2/c1-2-3-7-13-23-17(21)14-20-18(22)16(25-19(20)24)12-8-11-15-9-5-4-6-10-15/h4-6,8-12H,2-3,7,13-14H2,1H3/b11-8+,16-12-. The minimum Gasteiger partial charge on any atom is -0.464 e. The molecule has 2 rings (SSSR count). The van der Waals surface area contributed by atoms with Crippen LogP contribution in [0.3, 0.4) is 0 Å². The van der Waals surface area contributed by atoms with Gasteiger partial charge in [0.15, 0.2) is 0 Å². The molecule has 0 radical (unpaired) electrons. The first-order valence-corrected chi connectivity index (χ1v) is 9.47. The molecular formula is C19H21NO3S2. The van der Waals surface area contributed by atoms with Crippen LogP contribution in [0.4, 0.5) is 0 Å². The van der Waals surface area contributed by atoms with Crippen LogP contribution in [0.5, 0.6) is 0 Å². The van der Waals surface area contributed by atoms with Crippen LogP contribution in [0.25, 0.3) is 6.08 Å². The summed E-state index contributed by atoms with van der Waals surface area (Å²) in [6.45, 7) is 2.34. The Morgan fingerprint density at radius 2 is 2.04 bits per heavy atom. The predicted octanol–water partition coefficient (Wildman–Crippen LogP) is 4.18. The number of thiocarbonyl (C=S) groups is 1. The van der Waals surface area contributed by atoms with Crippen molar-refractivity contribution in [2.45, 2.75) is 26.2 Å². The van der Waals surface area contributed by atoms with E-state index < -0.39 is 5.97 Å². The molecule has 0 saturated carbocycles. The van der Waals surface area contributed by atoms with Crippen LogP contribution >= 0.6 is 24.0 Å². The first-order valence-electron chi connectivity index (χ1n) is 8.24. The number of ether oxygens (including phenoxy) is 1. The summed E-state index contributed by atoms with van der Waals surface area (Å²) in [5.74, 6) is -0.674. The van der Waals surface area contributed by atoms with Crippen LogP contribution in [0.15, 0.2) is 47.4 Å². The van der Waals surface area contributed by atoms with E-state index in [-0.39, 0.29) is 12.5 Å². The number of allylic oxidation sites excluding steroid dienone is 2. The van der Waals surface area contributed by atoms with Crippen LogP contribution in [0.1, 0.15) is 31.7 Å². The summed E-state index contributed by atoms with van der Waals surface area (Å²) in [4.78, 5) is 26.0. The van der Waals surface area contributed by atoms with Crippen LogP contribution in [0, 0.1) is 0 Å². The molecule has 1 heterocycles. The van der Waals surface area contributed by atoms with Crippen LogP contribution in [-0.2, 0) is 14.3 Å². The second kappa shape index (κ2) is 10.2. The molecule has 1 aromatic rings. The first-order chi connectivity index (χ1) is 12.1. The SMILES string of the molecule is CCCCCOC(=O)CN1C(=O)/C(=C/C=C/c2ccccc2)SC1=S. The zero-order valence-electron chi connectivity index (χ0n) is 14.1. The Bertz CT molecular complexity index is 683. The number of carbonyl (C=O) groups is 2. The van der Waals surface area contributed by atoms with Gasteiger partial charge in [-0.1, -0.05) is 86.2 Å². The van der Waals surface area contributed by atoms with E-state index in [1.807, 2.05) is 42.5 Å². The van der Waals surface area contributed by atoms with Gasteiger partial charge >= 0.3 is 5.97 Å². The van der Waals surface area contributed by atoms with Crippen molar-refractivity contribution >= 4 is 46.3 Å². The Balaban J connectivity index is 1.89. The molecule has 25 heavy (non-hydrogen) atoms. The Hall–Kier alpha value is -1.92. The van der Waals surface area contributed by atoms with Crippen molar-refractivity contribution in [2.24, 2.45) is 0 Å². The van der Waals surface area contributed by atoms with Crippen molar-refractivity contribution in [1.82, 2.24) is 4.90 Å². The van der Waals surface area contributed by atoms with Gasteiger partial charge in [0.05, 0.1) is 11.5 Å². The van der Waals surface area contributed by atoms with Crippen LogP contribution in [0.2, 0.25) is 0 Å². The lowest BCUT2D eigenvalue weighted by molar-refractivity contribution is -0.146. The van der Waals surface area contributed by atoms with E-state index >= 15 is 0 Å². The van der Waals surface area contributed by atoms with Gasteiger partial charge < -0.3 is 4.74 Å². The van der Waals surface area contributed by atoms with Crippen LogP contribution < -0.4 is 0 Å². The highest BCUT2D eigenvalue weighted by Crippen LogP contribution is 2.30. The lowest BCUT2D eigenvalue weighted by Gasteiger charge is -2.13. The molecule has 0 N–H and O–H groups in total. The van der Waals surface area contributed by atoms with Crippen LogP contribution in [-0.4, -0.2) is 34.2 Å². The van der Waals surface area contributed by atoms with E-state index in [1.165, 1.54) is 16.7 Å². The Labute approximate surface area is 157 Å². The Morgan fingerprint density at radius 3 is 2.76 bits per heavy atom. The Kier molecular flexibility index (Phi) is 7.88. The third kappa shape index (κ3) is 6.14. The number of benzene rings is 1. The van der Waals surface area contributed by atoms with Gasteiger partial charge in [-0.15, -0.1) is 0 Å². The molecule has 1 aromatic carbocycles. The van der Waals surface area contributed by atoms with Gasteiger partial charge in [0.25, 0.3) is 5.91 Å². The maximum atomic E-state index is 12.4. The molecule has 1 saturated heterocycles. The average molecular weight is 376 g/mol. The minimum atomic E-state index is -0.423. The lowest BCUT2D eigenvalue weighted by atomic mass is 10.2. The number of nitrogens with zero attached hydrogens (tertiary/aromatic N) is 1. The van der Waals surface area contributed by atoms with Crippen molar-refractivity contribution in [3.05, 3.63) is 53.0 Å². The summed E-state index contributed by atoms with van der Waals surface area (Å²) < 4.78 is 5.53. The highest BCUT2D eigenvalue weighted by Gasteiger charge is 2.33. The molecule has 1 aliphatic heterocycles. The summed E-state index contributed by atoms with van der Waals surface area (Å²) >= 11 is 6.41. The molecule has 0 unspecified atom stereocenters. The van der Waals surface area contributed by atoms with E-state index in [2.05, 4.69) is 6.92 Å². The van der Waals surface area contributed by atoms with E-state index in [0.717, 1.165) is 24.8 Å². The molecule has 132 valence electrons. The number of amides is 1. The van der Waals surface area contributed by atoms with E-state index in [9.17, 15) is 9.59 Å². The largest absolute Gasteiger partial charge is 0.464 e. The summed E-state index contributed by atoms with van der Waals surface area (Å²) in [5, 5.41) is 0. The fourth-order valence-electron chi connectivity index (χ4n) is 2.17. The third-order valence-corrected chi connectivity index (χ3v) is 4.90. The number of rotatable bonds is 8. The second-order valence-corrected chi connectivity index (χ2v) is 7.16. The van der Waals surface area contributed by atoms with E-state index in [0.29, 0.717) is 15.8 Å². The van der Waals surface area contributed by atoms with Crippen molar-refractivity contribution in [2.75, 3.05) is 13.2 Å². The fourth-order valence-corrected chi connectivity index (χ4v) is 3.38. The maximum Gasteiger partial charge on any atom is 0.326 e. The number of hydrogen-bond donors (Lipinski definition) is 0. The topological polar surface area (TPSA) is 46.6 Å². The van der Waals surface area contributed by atoms with Crippen molar-refractivity contribution in [3.8, 4) is 0 Å². The molecule has 0 aliphatic carbocycles. The molecular weight excluding hydrogens is 354 g/mol. The zero-order valence-corrected chi connectivity index (χ0v) is 15.8. The zero-order chi connectivity index (χ0) is 18.1. The van der Waals surface area contributed by atoms with E-state index in [4.69, 9.17) is 17.0 Å². The highest BCUT2D eigenvalue weighted by atomic mass is 32.2. The number of esters is 1.